The molecular weight excluding hydrogens is 380 g/mol. The van der Waals surface area contributed by atoms with Crippen molar-refractivity contribution in [3.05, 3.63) is 30.0 Å². The van der Waals surface area contributed by atoms with Gasteiger partial charge >= 0.3 is 12.1 Å². The van der Waals surface area contributed by atoms with Gasteiger partial charge in [0.15, 0.2) is 0 Å². The van der Waals surface area contributed by atoms with Crippen LogP contribution in [0.3, 0.4) is 0 Å². The van der Waals surface area contributed by atoms with Gasteiger partial charge in [-0.3, -0.25) is 9.36 Å². The Morgan fingerprint density at radius 1 is 1.29 bits per heavy atom. The van der Waals surface area contributed by atoms with Crippen molar-refractivity contribution in [3.8, 4) is 5.75 Å². The molecule has 0 radical (unpaired) electrons. The van der Waals surface area contributed by atoms with Gasteiger partial charge in [-0.2, -0.15) is 11.8 Å². The van der Waals surface area contributed by atoms with E-state index < -0.39 is 6.09 Å². The molecule has 1 aliphatic rings. The monoisotopic (exact) mass is 406 g/mol. The number of benzene rings is 1. The zero-order chi connectivity index (χ0) is 20.1. The standard InChI is InChI=1S/C20H26N2O5S/c1-21(2)8-6-14-11-22(18-5-4-16(25-3)10-17(14)18)20(24)27-13-26-19(23)15-7-9-28-12-15/h4-5,10-11,15H,6-9,12-13H2,1-3H3. The fourth-order valence-electron chi connectivity index (χ4n) is 3.14. The topological polar surface area (TPSA) is 70.0 Å². The summed E-state index contributed by atoms with van der Waals surface area (Å²) in [6.07, 6.45) is 2.81. The summed E-state index contributed by atoms with van der Waals surface area (Å²) >= 11 is 1.73. The van der Waals surface area contributed by atoms with Gasteiger partial charge in [-0.05, 0) is 56.5 Å². The maximum absolute atomic E-state index is 12.6. The van der Waals surface area contributed by atoms with E-state index in [-0.39, 0.29) is 18.7 Å². The lowest BCUT2D eigenvalue weighted by molar-refractivity contribution is -0.155. The van der Waals surface area contributed by atoms with Crippen LogP contribution in [0.2, 0.25) is 0 Å². The quantitative estimate of drug-likeness (QED) is 0.517. The maximum atomic E-state index is 12.6. The minimum atomic E-state index is -0.570. The zero-order valence-corrected chi connectivity index (χ0v) is 17.3. The molecular formula is C20H26N2O5S. The number of ether oxygens (including phenoxy) is 3. The van der Waals surface area contributed by atoms with Crippen molar-refractivity contribution in [3.63, 3.8) is 0 Å². The van der Waals surface area contributed by atoms with Crippen LogP contribution in [0.5, 0.6) is 5.75 Å². The van der Waals surface area contributed by atoms with Crippen molar-refractivity contribution in [2.75, 3.05) is 46.0 Å². The van der Waals surface area contributed by atoms with E-state index in [1.807, 2.05) is 26.2 Å². The highest BCUT2D eigenvalue weighted by Gasteiger charge is 2.25. The molecule has 28 heavy (non-hydrogen) atoms. The highest BCUT2D eigenvalue weighted by molar-refractivity contribution is 7.99. The molecule has 2 aromatic rings. The van der Waals surface area contributed by atoms with E-state index in [0.717, 1.165) is 53.1 Å². The van der Waals surface area contributed by atoms with Crippen molar-refractivity contribution in [2.45, 2.75) is 12.8 Å². The van der Waals surface area contributed by atoms with Crippen LogP contribution in [-0.4, -0.2) is 67.6 Å². The number of thioether (sulfide) groups is 1. The van der Waals surface area contributed by atoms with Gasteiger partial charge in [-0.1, -0.05) is 0 Å². The van der Waals surface area contributed by atoms with E-state index in [1.165, 1.54) is 4.57 Å². The number of likely N-dealkylation sites (N-methyl/N-ethyl adjacent to an activating group) is 1. The van der Waals surface area contributed by atoms with Crippen LogP contribution in [-0.2, 0) is 20.7 Å². The molecule has 2 heterocycles. The third-order valence-electron chi connectivity index (χ3n) is 4.77. The summed E-state index contributed by atoms with van der Waals surface area (Å²) in [6.45, 7) is 0.476. The second-order valence-corrected chi connectivity index (χ2v) is 8.16. The summed E-state index contributed by atoms with van der Waals surface area (Å²) in [5.74, 6) is 2.07. The first-order valence-electron chi connectivity index (χ1n) is 9.24. The van der Waals surface area contributed by atoms with E-state index in [4.69, 9.17) is 14.2 Å². The van der Waals surface area contributed by atoms with Crippen LogP contribution in [0.25, 0.3) is 10.9 Å². The number of fused-ring (bicyclic) bond motifs is 1. The third-order valence-corrected chi connectivity index (χ3v) is 5.93. The molecule has 0 spiro atoms. The smallest absolute Gasteiger partial charge is 0.421 e. The average molecular weight is 407 g/mol. The van der Waals surface area contributed by atoms with Gasteiger partial charge in [0.2, 0.25) is 6.79 Å². The van der Waals surface area contributed by atoms with Gasteiger partial charge in [0, 0.05) is 23.9 Å². The van der Waals surface area contributed by atoms with Crippen molar-refractivity contribution >= 4 is 34.7 Å². The number of carbonyl (C=O) groups excluding carboxylic acids is 2. The van der Waals surface area contributed by atoms with E-state index in [0.29, 0.717) is 0 Å². The molecule has 0 aliphatic carbocycles. The first-order valence-corrected chi connectivity index (χ1v) is 10.4. The second-order valence-electron chi connectivity index (χ2n) is 7.01. The first kappa shape index (κ1) is 20.5. The largest absolute Gasteiger partial charge is 0.497 e. The molecule has 1 aromatic heterocycles. The fraction of sp³-hybridized carbons (Fsp3) is 0.500. The van der Waals surface area contributed by atoms with Crippen molar-refractivity contribution in [2.24, 2.45) is 5.92 Å². The third kappa shape index (κ3) is 4.80. The summed E-state index contributed by atoms with van der Waals surface area (Å²) in [5, 5.41) is 0.943. The number of methoxy groups -OCH3 is 1. The van der Waals surface area contributed by atoms with Gasteiger partial charge in [-0.15, -0.1) is 0 Å². The molecule has 7 nitrogen and oxygen atoms in total. The Morgan fingerprint density at radius 3 is 2.79 bits per heavy atom. The molecule has 3 rings (SSSR count). The lowest BCUT2D eigenvalue weighted by atomic mass is 10.1. The predicted octanol–water partition coefficient (Wildman–Crippen LogP) is 2.99. The Labute approximate surface area is 168 Å². The lowest BCUT2D eigenvalue weighted by Gasteiger charge is -2.10. The minimum absolute atomic E-state index is 0.0961. The molecule has 1 fully saturated rings. The molecule has 0 amide bonds. The average Bonchev–Trinajstić information content (AvgIpc) is 3.34. The maximum Gasteiger partial charge on any atom is 0.421 e. The Balaban J connectivity index is 1.71. The Morgan fingerprint density at radius 2 is 2.11 bits per heavy atom. The molecule has 1 aromatic carbocycles. The summed E-state index contributed by atoms with van der Waals surface area (Å²) in [7, 11) is 5.62. The highest BCUT2D eigenvalue weighted by Crippen LogP contribution is 2.27. The van der Waals surface area contributed by atoms with Gasteiger partial charge in [0.1, 0.15) is 5.75 Å². The number of carbonyl (C=O) groups is 2. The SMILES string of the molecule is COc1ccc2c(c1)c(CCN(C)C)cn2C(=O)OCOC(=O)C1CCSC1. The van der Waals surface area contributed by atoms with Crippen LogP contribution in [0.15, 0.2) is 24.4 Å². The van der Waals surface area contributed by atoms with Crippen LogP contribution >= 0.6 is 11.8 Å². The van der Waals surface area contributed by atoms with E-state index in [1.54, 1.807) is 31.1 Å². The van der Waals surface area contributed by atoms with Gasteiger partial charge < -0.3 is 19.1 Å². The second kappa shape index (κ2) is 9.34. The number of hydrogen-bond donors (Lipinski definition) is 0. The molecule has 0 N–H and O–H groups in total. The van der Waals surface area contributed by atoms with Crippen LogP contribution in [0.4, 0.5) is 4.79 Å². The first-order chi connectivity index (χ1) is 13.5. The zero-order valence-electron chi connectivity index (χ0n) is 16.5. The van der Waals surface area contributed by atoms with Crippen LogP contribution < -0.4 is 4.74 Å². The Bertz CT molecular complexity index is 842. The van der Waals surface area contributed by atoms with Crippen LogP contribution in [0, 0.1) is 5.92 Å². The molecule has 1 atom stereocenters. The van der Waals surface area contributed by atoms with Crippen molar-refractivity contribution in [1.82, 2.24) is 9.47 Å². The minimum Gasteiger partial charge on any atom is -0.497 e. The van der Waals surface area contributed by atoms with Gasteiger partial charge in [0.05, 0.1) is 18.5 Å². The highest BCUT2D eigenvalue weighted by atomic mass is 32.2. The van der Waals surface area contributed by atoms with Crippen LogP contribution in [0.1, 0.15) is 12.0 Å². The predicted molar refractivity (Wildman–Crippen MR) is 109 cm³/mol. The van der Waals surface area contributed by atoms with E-state index >= 15 is 0 Å². The summed E-state index contributed by atoms with van der Waals surface area (Å²) in [4.78, 5) is 26.6. The summed E-state index contributed by atoms with van der Waals surface area (Å²) < 4.78 is 17.1. The van der Waals surface area contributed by atoms with Crippen molar-refractivity contribution < 1.29 is 23.8 Å². The normalized spacial score (nSPS) is 16.5. The molecule has 1 unspecified atom stereocenters. The number of nitrogens with zero attached hydrogens (tertiary/aromatic N) is 2. The lowest BCUT2D eigenvalue weighted by Crippen LogP contribution is -2.21. The Kier molecular flexibility index (Phi) is 6.85. The number of esters is 1. The Hall–Kier alpha value is -2.19. The summed E-state index contributed by atoms with van der Waals surface area (Å²) in [5.41, 5.74) is 1.76. The van der Waals surface area contributed by atoms with E-state index in [9.17, 15) is 9.59 Å². The number of rotatable bonds is 7. The van der Waals surface area contributed by atoms with Gasteiger partial charge in [0.25, 0.3) is 0 Å². The molecule has 0 saturated carbocycles. The number of aromatic nitrogens is 1. The molecule has 1 aliphatic heterocycles. The molecule has 8 heteroatoms. The molecule has 0 bridgehead atoms. The van der Waals surface area contributed by atoms with Gasteiger partial charge in [-0.25, -0.2) is 4.79 Å². The van der Waals surface area contributed by atoms with E-state index in [2.05, 4.69) is 4.90 Å². The summed E-state index contributed by atoms with van der Waals surface area (Å²) in [6, 6.07) is 5.55. The molecule has 152 valence electrons. The fourth-order valence-corrected chi connectivity index (χ4v) is 4.35. The number of hydrogen-bond acceptors (Lipinski definition) is 7. The van der Waals surface area contributed by atoms with Crippen molar-refractivity contribution in [1.29, 1.82) is 0 Å². The molecule has 1 saturated heterocycles.